The second-order valence-corrected chi connectivity index (χ2v) is 16.7. The summed E-state index contributed by atoms with van der Waals surface area (Å²) in [5.41, 5.74) is 16.8. The zero-order valence-corrected chi connectivity index (χ0v) is 32.6. The third-order valence-corrected chi connectivity index (χ3v) is 13.0. The monoisotopic (exact) mass is 735 g/mol. The number of para-hydroxylation sites is 1. The Balaban J connectivity index is 1.20. The van der Waals surface area contributed by atoms with Gasteiger partial charge in [-0.1, -0.05) is 148 Å². The van der Waals surface area contributed by atoms with Gasteiger partial charge in [-0.2, -0.15) is 0 Å². The van der Waals surface area contributed by atoms with Crippen molar-refractivity contribution in [3.8, 4) is 33.4 Å². The van der Waals surface area contributed by atoms with Gasteiger partial charge >= 0.3 is 0 Å². The molecule has 1 heterocycles. The molecule has 0 radical (unpaired) electrons. The van der Waals surface area contributed by atoms with Gasteiger partial charge in [0.05, 0.1) is 11.4 Å². The van der Waals surface area contributed by atoms with Gasteiger partial charge in [0, 0.05) is 33.0 Å². The molecule has 11 rings (SSSR count). The Morgan fingerprint density at radius 1 is 0.474 bits per heavy atom. The molecule has 0 N–H and O–H groups in total. The van der Waals surface area contributed by atoms with E-state index in [-0.39, 0.29) is 5.41 Å². The molecule has 9 aromatic rings. The smallest absolute Gasteiger partial charge is 0.136 e. The van der Waals surface area contributed by atoms with Crippen LogP contribution in [0.3, 0.4) is 0 Å². The summed E-state index contributed by atoms with van der Waals surface area (Å²) in [6.45, 7) is 4.73. The topological polar surface area (TPSA) is 16.4 Å². The summed E-state index contributed by atoms with van der Waals surface area (Å²) in [6, 6.07) is 63.2. The van der Waals surface area contributed by atoms with Gasteiger partial charge in [0.25, 0.3) is 0 Å². The molecule has 1 saturated carbocycles. The van der Waals surface area contributed by atoms with Crippen molar-refractivity contribution in [2.24, 2.45) is 0 Å². The molecule has 8 aromatic carbocycles. The quantitative estimate of drug-likeness (QED) is 0.169. The molecule has 0 spiro atoms. The van der Waals surface area contributed by atoms with Gasteiger partial charge in [-0.05, 0) is 123 Å². The molecule has 0 aliphatic heterocycles. The molecule has 2 nitrogen and oxygen atoms in total. The Morgan fingerprint density at radius 2 is 1.18 bits per heavy atom. The van der Waals surface area contributed by atoms with Gasteiger partial charge in [0.2, 0.25) is 0 Å². The van der Waals surface area contributed by atoms with Crippen LogP contribution in [-0.4, -0.2) is 0 Å². The fourth-order valence-electron chi connectivity index (χ4n) is 10.1. The van der Waals surface area contributed by atoms with E-state index in [4.69, 9.17) is 4.42 Å². The Kier molecular flexibility index (Phi) is 7.96. The van der Waals surface area contributed by atoms with E-state index in [0.717, 1.165) is 44.4 Å². The molecule has 2 aliphatic carbocycles. The molecule has 0 bridgehead atoms. The number of fused-ring (bicyclic) bond motifs is 7. The molecule has 1 fully saturated rings. The summed E-state index contributed by atoms with van der Waals surface area (Å²) in [5, 5.41) is 4.70. The highest BCUT2D eigenvalue weighted by Gasteiger charge is 2.36. The first-order valence-electron chi connectivity index (χ1n) is 20.7. The number of hydrogen-bond acceptors (Lipinski definition) is 2. The summed E-state index contributed by atoms with van der Waals surface area (Å²) < 4.78 is 6.51. The first-order chi connectivity index (χ1) is 28.0. The van der Waals surface area contributed by atoms with Crippen LogP contribution < -0.4 is 4.90 Å². The zero-order valence-electron chi connectivity index (χ0n) is 32.6. The van der Waals surface area contributed by atoms with Crippen molar-refractivity contribution >= 4 is 49.8 Å². The van der Waals surface area contributed by atoms with Crippen LogP contribution in [-0.2, 0) is 5.41 Å². The predicted molar refractivity (Wildman–Crippen MR) is 240 cm³/mol. The van der Waals surface area contributed by atoms with Crippen LogP contribution in [0.15, 0.2) is 174 Å². The van der Waals surface area contributed by atoms with E-state index in [1.807, 2.05) is 6.07 Å². The molecule has 1 aromatic heterocycles. The SMILES string of the molecule is CC1(C)c2ccccc2-c2cc(N(c3ccc(C4CCCCC4)cc3-c3ccccc3)c3cc4ccccc4cc3-c3ccc4c(c3)oc3ccccc34)ccc21. The summed E-state index contributed by atoms with van der Waals surface area (Å²) in [5.74, 6) is 0.592. The maximum absolute atomic E-state index is 6.51. The first kappa shape index (κ1) is 33.9. The molecule has 57 heavy (non-hydrogen) atoms. The van der Waals surface area contributed by atoms with E-state index in [2.05, 4.69) is 183 Å². The van der Waals surface area contributed by atoms with Crippen molar-refractivity contribution in [3.05, 3.63) is 187 Å². The van der Waals surface area contributed by atoms with Crippen LogP contribution in [0.25, 0.3) is 66.1 Å². The maximum Gasteiger partial charge on any atom is 0.136 e. The number of rotatable bonds is 6. The van der Waals surface area contributed by atoms with Gasteiger partial charge in [0.1, 0.15) is 11.2 Å². The minimum Gasteiger partial charge on any atom is -0.456 e. The average Bonchev–Trinajstić information content (AvgIpc) is 3.75. The molecular weight excluding hydrogens is 691 g/mol. The van der Waals surface area contributed by atoms with Crippen molar-refractivity contribution in [1.29, 1.82) is 0 Å². The van der Waals surface area contributed by atoms with Gasteiger partial charge in [-0.3, -0.25) is 0 Å². The lowest BCUT2D eigenvalue weighted by Gasteiger charge is -2.32. The van der Waals surface area contributed by atoms with Crippen LogP contribution in [0.1, 0.15) is 68.6 Å². The van der Waals surface area contributed by atoms with Crippen molar-refractivity contribution < 1.29 is 4.42 Å². The van der Waals surface area contributed by atoms with Crippen LogP contribution in [0, 0.1) is 0 Å². The molecule has 0 atom stereocenters. The lowest BCUT2D eigenvalue weighted by molar-refractivity contribution is 0.444. The largest absolute Gasteiger partial charge is 0.456 e. The summed E-state index contributed by atoms with van der Waals surface area (Å²) >= 11 is 0. The lowest BCUT2D eigenvalue weighted by atomic mass is 9.82. The van der Waals surface area contributed by atoms with Gasteiger partial charge in [-0.15, -0.1) is 0 Å². The zero-order chi connectivity index (χ0) is 38.1. The normalized spacial score (nSPS) is 14.9. The van der Waals surface area contributed by atoms with E-state index >= 15 is 0 Å². The Labute approximate surface area is 335 Å². The third kappa shape index (κ3) is 5.61. The Bertz CT molecular complexity index is 2980. The van der Waals surface area contributed by atoms with Crippen molar-refractivity contribution in [2.45, 2.75) is 57.3 Å². The van der Waals surface area contributed by atoms with E-state index in [1.54, 1.807) is 0 Å². The average molecular weight is 736 g/mol. The first-order valence-corrected chi connectivity index (χ1v) is 20.7. The fraction of sp³-hybridized carbons (Fsp3) is 0.164. The number of nitrogens with zero attached hydrogens (tertiary/aromatic N) is 1. The minimum absolute atomic E-state index is 0.0811. The number of benzene rings is 8. The summed E-state index contributed by atoms with van der Waals surface area (Å²) in [4.78, 5) is 2.55. The Hall–Kier alpha value is -6.38. The van der Waals surface area contributed by atoms with Crippen molar-refractivity contribution in [3.63, 3.8) is 0 Å². The lowest BCUT2D eigenvalue weighted by Crippen LogP contribution is -2.16. The highest BCUT2D eigenvalue weighted by Crippen LogP contribution is 2.53. The fourth-order valence-corrected chi connectivity index (χ4v) is 10.1. The van der Waals surface area contributed by atoms with E-state index < -0.39 is 0 Å². The van der Waals surface area contributed by atoms with Crippen molar-refractivity contribution in [2.75, 3.05) is 4.90 Å². The summed E-state index contributed by atoms with van der Waals surface area (Å²) in [6.07, 6.45) is 6.48. The molecular formula is C55H45NO. The molecule has 276 valence electrons. The molecule has 2 heteroatoms. The number of furan rings is 1. The Morgan fingerprint density at radius 3 is 2.04 bits per heavy atom. The second kappa shape index (κ2) is 13.4. The van der Waals surface area contributed by atoms with Crippen LogP contribution in [0.5, 0.6) is 0 Å². The van der Waals surface area contributed by atoms with Crippen molar-refractivity contribution in [1.82, 2.24) is 0 Å². The second-order valence-electron chi connectivity index (χ2n) is 16.7. The van der Waals surface area contributed by atoms with Crippen LogP contribution in [0.4, 0.5) is 17.1 Å². The standard InChI is InChI=1S/C55H45NO/c1-55(2)49-23-13-11-21-43(49)48-35-42(27-29-50(48)55)56(51-30-26-40(36-15-5-3-6-16-36)32-46(51)37-17-7-4-8-18-37)52-33-39-20-10-9-19-38(39)31-47(52)41-25-28-45-44-22-12-14-24-53(44)57-54(45)34-41/h4,7-14,17-36H,3,5-6,15-16H2,1-2H3. The van der Waals surface area contributed by atoms with Crippen LogP contribution in [0.2, 0.25) is 0 Å². The van der Waals surface area contributed by atoms with E-state index in [9.17, 15) is 0 Å². The predicted octanol–water partition coefficient (Wildman–Crippen LogP) is 15.9. The molecule has 0 unspecified atom stereocenters. The van der Waals surface area contributed by atoms with Gasteiger partial charge in [-0.25, -0.2) is 0 Å². The summed E-state index contributed by atoms with van der Waals surface area (Å²) in [7, 11) is 0. The van der Waals surface area contributed by atoms with Crippen LogP contribution >= 0.6 is 0 Å². The van der Waals surface area contributed by atoms with E-state index in [0.29, 0.717) is 5.92 Å². The molecule has 0 saturated heterocycles. The molecule has 0 amide bonds. The number of hydrogen-bond donors (Lipinski definition) is 0. The minimum atomic E-state index is -0.0811. The highest BCUT2D eigenvalue weighted by atomic mass is 16.3. The molecule has 2 aliphatic rings. The van der Waals surface area contributed by atoms with E-state index in [1.165, 1.54) is 87.5 Å². The highest BCUT2D eigenvalue weighted by molar-refractivity contribution is 6.07. The maximum atomic E-state index is 6.51. The number of anilines is 3. The van der Waals surface area contributed by atoms with Gasteiger partial charge < -0.3 is 9.32 Å². The van der Waals surface area contributed by atoms with Gasteiger partial charge in [0.15, 0.2) is 0 Å². The third-order valence-electron chi connectivity index (χ3n) is 13.0.